The van der Waals surface area contributed by atoms with E-state index in [1.807, 2.05) is 64.9 Å². The predicted octanol–water partition coefficient (Wildman–Crippen LogP) is 4.93. The van der Waals surface area contributed by atoms with Crippen LogP contribution in [0.1, 0.15) is 47.4 Å². The second kappa shape index (κ2) is 8.59. The zero-order valence-corrected chi connectivity index (χ0v) is 18.7. The predicted molar refractivity (Wildman–Crippen MR) is 124 cm³/mol. The number of hydrogen-bond donors (Lipinski definition) is 0. The lowest BCUT2D eigenvalue weighted by Crippen LogP contribution is -2.17. The van der Waals surface area contributed by atoms with Crippen molar-refractivity contribution in [1.82, 2.24) is 29.3 Å². The summed E-state index contributed by atoms with van der Waals surface area (Å²) in [5.41, 5.74) is 3.71. The van der Waals surface area contributed by atoms with Gasteiger partial charge in [-0.25, -0.2) is 19.6 Å². The molecule has 0 saturated carbocycles. The third-order valence-electron chi connectivity index (χ3n) is 5.59. The van der Waals surface area contributed by atoms with Crippen LogP contribution in [0, 0.1) is 6.92 Å². The van der Waals surface area contributed by atoms with Crippen molar-refractivity contribution < 1.29 is 4.74 Å². The zero-order valence-electron chi connectivity index (χ0n) is 17.9. The molecule has 8 heteroatoms. The molecule has 5 rings (SSSR count). The first-order valence-corrected chi connectivity index (χ1v) is 10.9. The molecule has 0 N–H and O–H groups in total. The van der Waals surface area contributed by atoms with Gasteiger partial charge in [0.1, 0.15) is 11.5 Å². The number of aryl methyl sites for hydroxylation is 2. The summed E-state index contributed by atoms with van der Waals surface area (Å²) in [6.07, 6.45) is 9.58. The molecule has 0 radical (unpaired) electrons. The SMILES string of the molecule is COc1nc(C=Cc2nc3n(n2)CCC[C@H]3c2cccc(Cl)c2)ccc1-n1cnc(C)c1. The molecular formula is C24H23ClN6O. The molecule has 1 aliphatic heterocycles. The molecule has 0 fully saturated rings. The summed E-state index contributed by atoms with van der Waals surface area (Å²) < 4.78 is 9.41. The van der Waals surface area contributed by atoms with Crippen molar-refractivity contribution in [2.24, 2.45) is 0 Å². The lowest BCUT2D eigenvalue weighted by Gasteiger charge is -2.22. The third kappa shape index (κ3) is 4.03. The highest BCUT2D eigenvalue weighted by atomic mass is 35.5. The van der Waals surface area contributed by atoms with Crippen LogP contribution < -0.4 is 4.74 Å². The molecule has 0 bridgehead atoms. The average Bonchev–Trinajstić information content (AvgIpc) is 3.43. The van der Waals surface area contributed by atoms with E-state index < -0.39 is 0 Å². The summed E-state index contributed by atoms with van der Waals surface area (Å²) in [6, 6.07) is 11.9. The van der Waals surface area contributed by atoms with E-state index in [-0.39, 0.29) is 5.92 Å². The Kier molecular flexibility index (Phi) is 5.49. The second-order valence-electron chi connectivity index (χ2n) is 7.82. The normalized spacial score (nSPS) is 15.8. The number of imidazole rings is 1. The van der Waals surface area contributed by atoms with Crippen LogP contribution in [-0.4, -0.2) is 36.4 Å². The van der Waals surface area contributed by atoms with Crippen molar-refractivity contribution in [3.8, 4) is 11.6 Å². The third-order valence-corrected chi connectivity index (χ3v) is 5.83. The minimum atomic E-state index is 0.202. The van der Waals surface area contributed by atoms with E-state index in [0.717, 1.165) is 47.3 Å². The molecule has 1 atom stereocenters. The minimum Gasteiger partial charge on any atom is -0.479 e. The van der Waals surface area contributed by atoms with Gasteiger partial charge in [-0.3, -0.25) is 0 Å². The van der Waals surface area contributed by atoms with Gasteiger partial charge in [0.25, 0.3) is 0 Å². The van der Waals surface area contributed by atoms with E-state index >= 15 is 0 Å². The fraction of sp³-hybridized carbons (Fsp3) is 0.250. The fourth-order valence-electron chi connectivity index (χ4n) is 4.08. The number of nitrogens with zero attached hydrogens (tertiary/aromatic N) is 6. The molecule has 1 aliphatic rings. The number of benzene rings is 1. The molecule has 32 heavy (non-hydrogen) atoms. The van der Waals surface area contributed by atoms with Gasteiger partial charge in [-0.1, -0.05) is 23.7 Å². The van der Waals surface area contributed by atoms with Crippen molar-refractivity contribution in [3.63, 3.8) is 0 Å². The van der Waals surface area contributed by atoms with Crippen LogP contribution in [-0.2, 0) is 6.54 Å². The number of halogens is 1. The second-order valence-corrected chi connectivity index (χ2v) is 8.26. The highest BCUT2D eigenvalue weighted by Gasteiger charge is 2.25. The lowest BCUT2D eigenvalue weighted by molar-refractivity contribution is 0.395. The average molecular weight is 447 g/mol. The molecule has 3 aromatic heterocycles. The summed E-state index contributed by atoms with van der Waals surface area (Å²) in [6.45, 7) is 2.82. The van der Waals surface area contributed by atoms with Crippen LogP contribution in [0.4, 0.5) is 0 Å². The summed E-state index contributed by atoms with van der Waals surface area (Å²) in [4.78, 5) is 13.7. The number of ether oxygens (including phenoxy) is 1. The Hall–Kier alpha value is -3.45. The largest absolute Gasteiger partial charge is 0.479 e. The van der Waals surface area contributed by atoms with E-state index in [1.165, 1.54) is 5.56 Å². The molecule has 0 unspecified atom stereocenters. The van der Waals surface area contributed by atoms with Crippen LogP contribution in [0.5, 0.6) is 5.88 Å². The highest BCUT2D eigenvalue weighted by molar-refractivity contribution is 6.30. The van der Waals surface area contributed by atoms with Crippen LogP contribution in [0.3, 0.4) is 0 Å². The number of rotatable bonds is 5. The molecule has 1 aromatic carbocycles. The van der Waals surface area contributed by atoms with Gasteiger partial charge >= 0.3 is 0 Å². The van der Waals surface area contributed by atoms with Gasteiger partial charge in [-0.05, 0) is 61.7 Å². The maximum Gasteiger partial charge on any atom is 0.238 e. The first-order chi connectivity index (χ1) is 15.6. The maximum atomic E-state index is 6.21. The lowest BCUT2D eigenvalue weighted by atomic mass is 9.91. The monoisotopic (exact) mass is 446 g/mol. The molecule has 0 aliphatic carbocycles. The van der Waals surface area contributed by atoms with Gasteiger partial charge in [0.05, 0.1) is 24.8 Å². The Balaban J connectivity index is 1.41. The summed E-state index contributed by atoms with van der Waals surface area (Å²) >= 11 is 6.21. The molecular weight excluding hydrogens is 424 g/mol. The molecule has 0 saturated heterocycles. The molecule has 4 heterocycles. The van der Waals surface area contributed by atoms with Gasteiger partial charge in [-0.2, -0.15) is 5.10 Å². The van der Waals surface area contributed by atoms with Gasteiger partial charge in [0, 0.05) is 23.7 Å². The van der Waals surface area contributed by atoms with Gasteiger partial charge in [0.2, 0.25) is 5.88 Å². The first-order valence-electron chi connectivity index (χ1n) is 10.5. The number of fused-ring (bicyclic) bond motifs is 1. The van der Waals surface area contributed by atoms with Crippen molar-refractivity contribution in [1.29, 1.82) is 0 Å². The molecule has 0 spiro atoms. The maximum absolute atomic E-state index is 6.21. The molecule has 4 aromatic rings. The van der Waals surface area contributed by atoms with E-state index in [9.17, 15) is 0 Å². The smallest absolute Gasteiger partial charge is 0.238 e. The Morgan fingerprint density at radius 1 is 1.16 bits per heavy atom. The van der Waals surface area contributed by atoms with Crippen molar-refractivity contribution in [3.05, 3.63) is 82.5 Å². The van der Waals surface area contributed by atoms with Gasteiger partial charge in [-0.15, -0.1) is 0 Å². The van der Waals surface area contributed by atoms with Crippen LogP contribution in [0.25, 0.3) is 17.8 Å². The summed E-state index contributed by atoms with van der Waals surface area (Å²) in [5, 5.41) is 5.43. The van der Waals surface area contributed by atoms with Crippen LogP contribution in [0.15, 0.2) is 48.9 Å². The summed E-state index contributed by atoms with van der Waals surface area (Å²) in [5.74, 6) is 2.38. The van der Waals surface area contributed by atoms with E-state index in [0.29, 0.717) is 11.7 Å². The van der Waals surface area contributed by atoms with Gasteiger partial charge < -0.3 is 9.30 Å². The summed E-state index contributed by atoms with van der Waals surface area (Å²) in [7, 11) is 1.62. The quantitative estimate of drug-likeness (QED) is 0.435. The Labute approximate surface area is 191 Å². The molecule has 0 amide bonds. The molecule has 162 valence electrons. The van der Waals surface area contributed by atoms with Crippen molar-refractivity contribution >= 4 is 23.8 Å². The molecule has 7 nitrogen and oxygen atoms in total. The van der Waals surface area contributed by atoms with E-state index in [1.54, 1.807) is 13.4 Å². The topological polar surface area (TPSA) is 70.7 Å². The number of methoxy groups -OCH3 is 1. The first kappa shape index (κ1) is 20.5. The zero-order chi connectivity index (χ0) is 22.1. The highest BCUT2D eigenvalue weighted by Crippen LogP contribution is 2.33. The number of aromatic nitrogens is 6. The number of pyridine rings is 1. The Morgan fingerprint density at radius 3 is 2.84 bits per heavy atom. The Bertz CT molecular complexity index is 1290. The number of hydrogen-bond acceptors (Lipinski definition) is 5. The van der Waals surface area contributed by atoms with Crippen molar-refractivity contribution in [2.45, 2.75) is 32.2 Å². The van der Waals surface area contributed by atoms with Gasteiger partial charge in [0.15, 0.2) is 5.82 Å². The van der Waals surface area contributed by atoms with Crippen LogP contribution >= 0.6 is 11.6 Å². The minimum absolute atomic E-state index is 0.202. The van der Waals surface area contributed by atoms with Crippen molar-refractivity contribution in [2.75, 3.05) is 7.11 Å². The van der Waals surface area contributed by atoms with E-state index in [2.05, 4.69) is 21.1 Å². The van der Waals surface area contributed by atoms with E-state index in [4.69, 9.17) is 21.3 Å². The fourth-order valence-corrected chi connectivity index (χ4v) is 4.28. The standard InChI is InChI=1S/C24H23ClN6O/c1-16-14-30(15-26-16)21-10-8-19(27-24(21)32-2)9-11-22-28-23-20(7-4-12-31(23)29-22)17-5-3-6-18(25)13-17/h3,5-6,8-11,13-15,20H,4,7,12H2,1-2H3/t20-/m0/s1. The van der Waals surface area contributed by atoms with Crippen LogP contribution in [0.2, 0.25) is 5.02 Å². The Morgan fingerprint density at radius 2 is 2.06 bits per heavy atom.